The number of carboxylic acid groups (broad SMARTS) is 2. The molecule has 0 aliphatic heterocycles. The SMILES string of the molecule is COc1cc(C=CC(=O)O)ccc1O.O=C(O)C=Cc1ccc(O)cc1. The minimum absolute atomic E-state index is 0.0278. The molecule has 0 saturated carbocycles. The van der Waals surface area contributed by atoms with Crippen molar-refractivity contribution in [1.29, 1.82) is 0 Å². The van der Waals surface area contributed by atoms with Gasteiger partial charge in [0.05, 0.1) is 7.11 Å². The predicted octanol–water partition coefficient (Wildman–Crippen LogP) is 2.99. The highest BCUT2D eigenvalue weighted by atomic mass is 16.5. The second-order valence-electron chi connectivity index (χ2n) is 4.87. The van der Waals surface area contributed by atoms with E-state index < -0.39 is 11.9 Å². The normalized spacial score (nSPS) is 10.3. The summed E-state index contributed by atoms with van der Waals surface area (Å²) >= 11 is 0. The van der Waals surface area contributed by atoms with Gasteiger partial charge in [0.2, 0.25) is 0 Å². The summed E-state index contributed by atoms with van der Waals surface area (Å²) in [5.41, 5.74) is 1.40. The zero-order chi connectivity index (χ0) is 19.5. The lowest BCUT2D eigenvalue weighted by Crippen LogP contribution is -1.87. The minimum Gasteiger partial charge on any atom is -0.508 e. The fourth-order valence-corrected chi connectivity index (χ4v) is 1.72. The molecular weight excluding hydrogens is 340 g/mol. The number of methoxy groups -OCH3 is 1. The average Bonchev–Trinajstić information content (AvgIpc) is 2.61. The Hall–Kier alpha value is -3.74. The lowest BCUT2D eigenvalue weighted by Gasteiger charge is -2.03. The number of aromatic hydroxyl groups is 2. The number of ether oxygens (including phenoxy) is 1. The third-order valence-corrected chi connectivity index (χ3v) is 2.93. The Bertz CT molecular complexity index is 805. The maximum atomic E-state index is 10.2. The molecule has 0 heterocycles. The van der Waals surface area contributed by atoms with Crippen LogP contribution in [-0.4, -0.2) is 39.5 Å². The van der Waals surface area contributed by atoms with E-state index in [0.29, 0.717) is 11.3 Å². The van der Waals surface area contributed by atoms with Gasteiger partial charge in [0.1, 0.15) is 5.75 Å². The molecule has 0 fully saturated rings. The zero-order valence-electron chi connectivity index (χ0n) is 13.9. The molecule has 7 nitrogen and oxygen atoms in total. The largest absolute Gasteiger partial charge is 0.508 e. The van der Waals surface area contributed by atoms with Crippen molar-refractivity contribution in [2.45, 2.75) is 0 Å². The molecule has 2 rings (SSSR count). The number of carbonyl (C=O) groups is 2. The van der Waals surface area contributed by atoms with Gasteiger partial charge < -0.3 is 25.2 Å². The van der Waals surface area contributed by atoms with Gasteiger partial charge >= 0.3 is 11.9 Å². The Morgan fingerprint density at radius 3 is 1.85 bits per heavy atom. The van der Waals surface area contributed by atoms with Crippen LogP contribution in [0, 0.1) is 0 Å². The summed E-state index contributed by atoms with van der Waals surface area (Å²) in [6, 6.07) is 10.9. The number of hydrogen-bond donors (Lipinski definition) is 4. The Balaban J connectivity index is 0.000000263. The van der Waals surface area contributed by atoms with E-state index in [9.17, 15) is 14.7 Å². The lowest BCUT2D eigenvalue weighted by atomic mass is 10.2. The van der Waals surface area contributed by atoms with E-state index in [2.05, 4.69) is 0 Å². The van der Waals surface area contributed by atoms with Crippen LogP contribution in [0.1, 0.15) is 11.1 Å². The molecule has 136 valence electrons. The molecule has 2 aromatic carbocycles. The van der Waals surface area contributed by atoms with E-state index >= 15 is 0 Å². The maximum Gasteiger partial charge on any atom is 0.328 e. The first kappa shape index (κ1) is 20.3. The highest BCUT2D eigenvalue weighted by Crippen LogP contribution is 2.26. The van der Waals surface area contributed by atoms with E-state index in [1.807, 2.05) is 0 Å². The van der Waals surface area contributed by atoms with Gasteiger partial charge in [-0.15, -0.1) is 0 Å². The first-order valence-electron chi connectivity index (χ1n) is 7.30. The topological polar surface area (TPSA) is 124 Å². The number of carboxylic acids is 2. The second kappa shape index (κ2) is 10.2. The second-order valence-corrected chi connectivity index (χ2v) is 4.87. The summed E-state index contributed by atoms with van der Waals surface area (Å²) in [7, 11) is 1.43. The van der Waals surface area contributed by atoms with Crippen molar-refractivity contribution in [2.75, 3.05) is 7.11 Å². The average molecular weight is 358 g/mol. The van der Waals surface area contributed by atoms with E-state index in [1.54, 1.807) is 24.3 Å². The Labute approximate surface area is 149 Å². The smallest absolute Gasteiger partial charge is 0.328 e. The van der Waals surface area contributed by atoms with E-state index in [0.717, 1.165) is 17.7 Å². The summed E-state index contributed by atoms with van der Waals surface area (Å²) in [6.45, 7) is 0. The molecule has 0 spiro atoms. The summed E-state index contributed by atoms with van der Waals surface area (Å²) in [5.74, 6) is -1.49. The van der Waals surface area contributed by atoms with Crippen LogP contribution in [0.4, 0.5) is 0 Å². The molecule has 0 amide bonds. The zero-order valence-corrected chi connectivity index (χ0v) is 13.9. The van der Waals surface area contributed by atoms with Crippen LogP contribution in [0.25, 0.3) is 12.2 Å². The molecule has 7 heteroatoms. The van der Waals surface area contributed by atoms with Crippen molar-refractivity contribution in [3.05, 3.63) is 65.7 Å². The van der Waals surface area contributed by atoms with Crippen molar-refractivity contribution < 1.29 is 34.8 Å². The van der Waals surface area contributed by atoms with Crippen LogP contribution in [0.5, 0.6) is 17.2 Å². The number of benzene rings is 2. The van der Waals surface area contributed by atoms with Gasteiger partial charge in [0.15, 0.2) is 11.5 Å². The quantitative estimate of drug-likeness (QED) is 0.606. The fraction of sp³-hybridized carbons (Fsp3) is 0.0526. The van der Waals surface area contributed by atoms with Gasteiger partial charge in [-0.25, -0.2) is 9.59 Å². The highest BCUT2D eigenvalue weighted by molar-refractivity contribution is 5.85. The number of aliphatic carboxylic acids is 2. The van der Waals surface area contributed by atoms with E-state index in [1.165, 1.54) is 37.5 Å². The molecular formula is C19H18O7. The van der Waals surface area contributed by atoms with Crippen molar-refractivity contribution in [3.63, 3.8) is 0 Å². The molecule has 0 aromatic heterocycles. The van der Waals surface area contributed by atoms with Crippen LogP contribution < -0.4 is 4.74 Å². The molecule has 26 heavy (non-hydrogen) atoms. The monoisotopic (exact) mass is 358 g/mol. The Kier molecular flexibility index (Phi) is 7.96. The number of phenols is 2. The molecule has 0 atom stereocenters. The first-order chi connectivity index (χ1) is 12.3. The third kappa shape index (κ3) is 7.69. The third-order valence-electron chi connectivity index (χ3n) is 2.93. The van der Waals surface area contributed by atoms with Gasteiger partial charge in [-0.05, 0) is 47.5 Å². The summed E-state index contributed by atoms with van der Waals surface area (Å²) in [5, 5.41) is 34.8. The van der Waals surface area contributed by atoms with Gasteiger partial charge in [-0.1, -0.05) is 18.2 Å². The predicted molar refractivity (Wildman–Crippen MR) is 96.1 cm³/mol. The molecule has 4 N–H and O–H groups in total. The van der Waals surface area contributed by atoms with Gasteiger partial charge in [0.25, 0.3) is 0 Å². The van der Waals surface area contributed by atoms with Crippen LogP contribution in [0.3, 0.4) is 0 Å². The Morgan fingerprint density at radius 2 is 1.35 bits per heavy atom. The van der Waals surface area contributed by atoms with Gasteiger partial charge in [-0.3, -0.25) is 0 Å². The summed E-state index contributed by atoms with van der Waals surface area (Å²) in [6.07, 6.45) is 4.95. The summed E-state index contributed by atoms with van der Waals surface area (Å²) < 4.78 is 4.86. The minimum atomic E-state index is -1.02. The van der Waals surface area contributed by atoms with Crippen LogP contribution in [0.2, 0.25) is 0 Å². The van der Waals surface area contributed by atoms with E-state index in [-0.39, 0.29) is 11.5 Å². The van der Waals surface area contributed by atoms with E-state index in [4.69, 9.17) is 20.1 Å². The van der Waals surface area contributed by atoms with Gasteiger partial charge in [-0.2, -0.15) is 0 Å². The van der Waals surface area contributed by atoms with Gasteiger partial charge in [0, 0.05) is 12.2 Å². The molecule has 0 aliphatic carbocycles. The first-order valence-corrected chi connectivity index (χ1v) is 7.30. The molecule has 0 unspecified atom stereocenters. The van der Waals surface area contributed by atoms with Crippen molar-refractivity contribution in [1.82, 2.24) is 0 Å². The van der Waals surface area contributed by atoms with Crippen LogP contribution in [0.15, 0.2) is 54.6 Å². The van der Waals surface area contributed by atoms with Crippen molar-refractivity contribution >= 4 is 24.1 Å². The molecule has 0 bridgehead atoms. The molecule has 0 saturated heterocycles. The van der Waals surface area contributed by atoms with Crippen LogP contribution in [-0.2, 0) is 9.59 Å². The molecule has 0 aliphatic rings. The number of hydrogen-bond acceptors (Lipinski definition) is 5. The molecule has 2 aromatic rings. The van der Waals surface area contributed by atoms with Crippen LogP contribution >= 0.6 is 0 Å². The number of rotatable bonds is 5. The standard InChI is InChI=1S/C10H10O4.C9H8O3/c1-14-9-6-7(2-4-8(9)11)3-5-10(12)13;10-8-4-1-7(2-5-8)3-6-9(11)12/h2-6,11H,1H3,(H,12,13);1-6,10H,(H,11,12). The highest BCUT2D eigenvalue weighted by Gasteiger charge is 2.00. The number of phenolic OH excluding ortho intramolecular Hbond substituents is 2. The fourth-order valence-electron chi connectivity index (χ4n) is 1.72. The van der Waals surface area contributed by atoms with Crippen molar-refractivity contribution in [3.8, 4) is 17.2 Å². The summed E-state index contributed by atoms with van der Waals surface area (Å²) in [4.78, 5) is 20.3. The Morgan fingerprint density at radius 1 is 0.846 bits per heavy atom. The maximum absolute atomic E-state index is 10.2. The van der Waals surface area contributed by atoms with Crippen molar-refractivity contribution in [2.24, 2.45) is 0 Å². The lowest BCUT2D eigenvalue weighted by molar-refractivity contribution is -0.132. The molecule has 0 radical (unpaired) electrons.